The normalized spacial score (nSPS) is 11.4. The third-order valence-corrected chi connectivity index (χ3v) is 3.82. The maximum absolute atomic E-state index is 13.0. The molecule has 1 heterocycles. The van der Waals surface area contributed by atoms with Gasteiger partial charge in [-0.3, -0.25) is 0 Å². The highest BCUT2D eigenvalue weighted by atomic mass is 19.1. The third-order valence-electron chi connectivity index (χ3n) is 3.82. The van der Waals surface area contributed by atoms with E-state index in [0.717, 1.165) is 29.3 Å². The minimum absolute atomic E-state index is 0.230. The molecular formula is C20H22FN5. The lowest BCUT2D eigenvalue weighted by atomic mass is 10.2. The van der Waals surface area contributed by atoms with E-state index in [0.29, 0.717) is 13.1 Å². The van der Waals surface area contributed by atoms with Crippen LogP contribution < -0.4 is 10.6 Å². The summed E-state index contributed by atoms with van der Waals surface area (Å²) in [5.41, 5.74) is 3.10. The fraction of sp³-hybridized carbons (Fsp3) is 0.200. The molecule has 0 amide bonds. The van der Waals surface area contributed by atoms with Gasteiger partial charge < -0.3 is 10.6 Å². The molecule has 2 aromatic carbocycles. The Labute approximate surface area is 152 Å². The van der Waals surface area contributed by atoms with Gasteiger partial charge in [0.05, 0.1) is 12.2 Å². The van der Waals surface area contributed by atoms with E-state index in [1.54, 1.807) is 18.3 Å². The van der Waals surface area contributed by atoms with Crippen molar-refractivity contribution in [3.8, 4) is 5.69 Å². The van der Waals surface area contributed by atoms with Gasteiger partial charge in [0.2, 0.25) is 0 Å². The second kappa shape index (κ2) is 8.80. The Morgan fingerprint density at radius 1 is 1.08 bits per heavy atom. The smallest absolute Gasteiger partial charge is 0.191 e. The van der Waals surface area contributed by atoms with Crippen molar-refractivity contribution < 1.29 is 4.39 Å². The Morgan fingerprint density at radius 3 is 2.65 bits per heavy atom. The molecule has 0 aliphatic rings. The molecule has 0 unspecified atom stereocenters. The standard InChI is InChI=1S/C20H22FN5/c1-2-22-20(23-14-16-7-9-18(21)10-8-16)24-15-17-5-3-6-19(13-17)26-12-4-11-25-26/h3-13H,2,14-15H2,1H3,(H2,22,23,24). The van der Waals surface area contributed by atoms with Gasteiger partial charge in [-0.25, -0.2) is 14.1 Å². The van der Waals surface area contributed by atoms with E-state index in [4.69, 9.17) is 0 Å². The van der Waals surface area contributed by atoms with E-state index in [2.05, 4.69) is 26.8 Å². The molecule has 3 aromatic rings. The largest absolute Gasteiger partial charge is 0.357 e. The minimum atomic E-state index is -0.230. The maximum atomic E-state index is 13.0. The first kappa shape index (κ1) is 17.7. The second-order valence-electron chi connectivity index (χ2n) is 5.80. The van der Waals surface area contributed by atoms with E-state index in [9.17, 15) is 4.39 Å². The summed E-state index contributed by atoms with van der Waals surface area (Å²) in [4.78, 5) is 4.63. The molecule has 0 saturated carbocycles. The summed E-state index contributed by atoms with van der Waals surface area (Å²) < 4.78 is 14.8. The molecule has 3 rings (SSSR count). The van der Waals surface area contributed by atoms with Crippen LogP contribution in [0.2, 0.25) is 0 Å². The molecule has 0 bridgehead atoms. The molecule has 0 aliphatic carbocycles. The summed E-state index contributed by atoms with van der Waals surface area (Å²) in [7, 11) is 0. The van der Waals surface area contributed by atoms with Gasteiger partial charge in [0.1, 0.15) is 5.82 Å². The number of nitrogens with one attached hydrogen (secondary N) is 2. The number of benzene rings is 2. The maximum Gasteiger partial charge on any atom is 0.191 e. The highest BCUT2D eigenvalue weighted by Gasteiger charge is 2.01. The molecular weight excluding hydrogens is 329 g/mol. The van der Waals surface area contributed by atoms with Gasteiger partial charge in [-0.2, -0.15) is 5.10 Å². The van der Waals surface area contributed by atoms with E-state index >= 15 is 0 Å². The van der Waals surface area contributed by atoms with Crippen molar-refractivity contribution in [2.45, 2.75) is 20.0 Å². The summed E-state index contributed by atoms with van der Waals surface area (Å²) in [5, 5.41) is 10.7. The van der Waals surface area contributed by atoms with Crippen molar-refractivity contribution >= 4 is 5.96 Å². The topological polar surface area (TPSA) is 54.2 Å². The van der Waals surface area contributed by atoms with Gasteiger partial charge >= 0.3 is 0 Å². The van der Waals surface area contributed by atoms with Gasteiger partial charge in [0, 0.05) is 25.5 Å². The molecule has 134 valence electrons. The van der Waals surface area contributed by atoms with Crippen LogP contribution in [0.25, 0.3) is 5.69 Å². The molecule has 0 spiro atoms. The lowest BCUT2D eigenvalue weighted by molar-refractivity contribution is 0.626. The molecule has 0 atom stereocenters. The van der Waals surface area contributed by atoms with E-state index in [-0.39, 0.29) is 5.82 Å². The van der Waals surface area contributed by atoms with E-state index in [1.165, 1.54) is 12.1 Å². The van der Waals surface area contributed by atoms with Crippen LogP contribution in [0.1, 0.15) is 18.1 Å². The van der Waals surface area contributed by atoms with Gasteiger partial charge in [-0.1, -0.05) is 24.3 Å². The number of halogens is 1. The van der Waals surface area contributed by atoms with Crippen LogP contribution in [-0.2, 0) is 13.1 Å². The van der Waals surface area contributed by atoms with Crippen LogP contribution in [0.15, 0.2) is 72.0 Å². The summed E-state index contributed by atoms with van der Waals surface area (Å²) in [6.45, 7) is 3.92. The summed E-state index contributed by atoms with van der Waals surface area (Å²) in [5.74, 6) is 0.493. The average Bonchev–Trinajstić information content (AvgIpc) is 3.20. The first-order chi connectivity index (χ1) is 12.7. The Morgan fingerprint density at radius 2 is 1.92 bits per heavy atom. The van der Waals surface area contributed by atoms with Gasteiger partial charge in [0.15, 0.2) is 5.96 Å². The average molecular weight is 351 g/mol. The monoisotopic (exact) mass is 351 g/mol. The zero-order chi connectivity index (χ0) is 18.2. The minimum Gasteiger partial charge on any atom is -0.357 e. The fourth-order valence-electron chi connectivity index (χ4n) is 2.52. The molecule has 5 nitrogen and oxygen atoms in total. The predicted molar refractivity (Wildman–Crippen MR) is 102 cm³/mol. The zero-order valence-corrected chi connectivity index (χ0v) is 14.7. The van der Waals surface area contributed by atoms with Crippen LogP contribution in [0.3, 0.4) is 0 Å². The first-order valence-electron chi connectivity index (χ1n) is 8.60. The molecule has 0 aliphatic heterocycles. The summed E-state index contributed by atoms with van der Waals surface area (Å²) in [6, 6.07) is 16.5. The Hall–Kier alpha value is -3.15. The Balaban J connectivity index is 1.65. The highest BCUT2D eigenvalue weighted by molar-refractivity contribution is 5.79. The number of nitrogens with zero attached hydrogens (tertiary/aromatic N) is 3. The second-order valence-corrected chi connectivity index (χ2v) is 5.80. The Kier molecular flexibility index (Phi) is 5.98. The van der Waals surface area contributed by atoms with Gasteiger partial charge in [-0.15, -0.1) is 0 Å². The first-order valence-corrected chi connectivity index (χ1v) is 8.60. The van der Waals surface area contributed by atoms with E-state index < -0.39 is 0 Å². The van der Waals surface area contributed by atoms with Crippen molar-refractivity contribution in [1.29, 1.82) is 0 Å². The molecule has 0 radical (unpaired) electrons. The molecule has 2 N–H and O–H groups in total. The lowest BCUT2D eigenvalue weighted by Crippen LogP contribution is -2.36. The lowest BCUT2D eigenvalue weighted by Gasteiger charge is -2.11. The summed E-state index contributed by atoms with van der Waals surface area (Å²) in [6.07, 6.45) is 3.67. The van der Waals surface area contributed by atoms with Crippen LogP contribution in [0, 0.1) is 5.82 Å². The fourth-order valence-corrected chi connectivity index (χ4v) is 2.52. The van der Waals surface area contributed by atoms with Crippen molar-refractivity contribution in [3.05, 3.63) is 83.9 Å². The molecule has 6 heteroatoms. The summed E-state index contributed by atoms with van der Waals surface area (Å²) >= 11 is 0. The number of aromatic nitrogens is 2. The zero-order valence-electron chi connectivity index (χ0n) is 14.7. The van der Waals surface area contributed by atoms with Gasteiger partial charge in [0.25, 0.3) is 0 Å². The Bertz CT molecular complexity index is 841. The predicted octanol–water partition coefficient (Wildman–Crippen LogP) is 3.27. The number of hydrogen-bond acceptors (Lipinski definition) is 2. The van der Waals surface area contributed by atoms with Crippen molar-refractivity contribution in [3.63, 3.8) is 0 Å². The van der Waals surface area contributed by atoms with Crippen molar-refractivity contribution in [2.75, 3.05) is 6.54 Å². The molecule has 26 heavy (non-hydrogen) atoms. The van der Waals surface area contributed by atoms with E-state index in [1.807, 2.05) is 42.1 Å². The third kappa shape index (κ3) is 4.92. The number of aliphatic imine (C=N–C) groups is 1. The molecule has 1 aromatic heterocycles. The SMILES string of the molecule is CCNC(=NCc1cccc(-n2cccn2)c1)NCc1ccc(F)cc1. The number of hydrogen-bond donors (Lipinski definition) is 2. The van der Waals surface area contributed by atoms with Crippen molar-refractivity contribution in [1.82, 2.24) is 20.4 Å². The quantitative estimate of drug-likeness (QED) is 0.529. The van der Waals surface area contributed by atoms with Crippen LogP contribution in [0.4, 0.5) is 4.39 Å². The van der Waals surface area contributed by atoms with Crippen LogP contribution in [-0.4, -0.2) is 22.3 Å². The molecule has 0 fully saturated rings. The van der Waals surface area contributed by atoms with Crippen LogP contribution in [0.5, 0.6) is 0 Å². The van der Waals surface area contributed by atoms with Crippen molar-refractivity contribution in [2.24, 2.45) is 4.99 Å². The van der Waals surface area contributed by atoms with Gasteiger partial charge in [-0.05, 0) is 48.4 Å². The van der Waals surface area contributed by atoms with Crippen LogP contribution >= 0.6 is 0 Å². The number of guanidine groups is 1. The number of rotatable bonds is 6. The molecule has 0 saturated heterocycles. The highest BCUT2D eigenvalue weighted by Crippen LogP contribution is 2.10.